The molecule has 0 radical (unpaired) electrons. The summed E-state index contributed by atoms with van der Waals surface area (Å²) >= 11 is 1.66. The Morgan fingerprint density at radius 3 is 1.26 bits per heavy atom. The summed E-state index contributed by atoms with van der Waals surface area (Å²) in [4.78, 5) is 0. The van der Waals surface area contributed by atoms with E-state index in [9.17, 15) is 0 Å². The highest BCUT2D eigenvalue weighted by atomic mass is 32.1. The van der Waals surface area contributed by atoms with E-state index in [1.165, 1.54) is 77.0 Å². The van der Waals surface area contributed by atoms with Crippen LogP contribution in [-0.4, -0.2) is 19.3 Å². The first kappa shape index (κ1) is 27.8. The molecular formula is C42H32N4S. The number of rotatable bonds is 4. The summed E-state index contributed by atoms with van der Waals surface area (Å²) in [6, 6.07) is 44.2. The van der Waals surface area contributed by atoms with E-state index in [4.69, 9.17) is 0 Å². The molecule has 0 unspecified atom stereocenters. The third kappa shape index (κ3) is 4.34. The van der Waals surface area contributed by atoms with Crippen molar-refractivity contribution in [3.05, 3.63) is 132 Å². The molecule has 0 spiro atoms. The summed E-state index contributed by atoms with van der Waals surface area (Å²) in [5.41, 5.74) is 14.5. The van der Waals surface area contributed by atoms with Gasteiger partial charge < -0.3 is 9.13 Å². The van der Waals surface area contributed by atoms with Gasteiger partial charge >= 0.3 is 0 Å². The van der Waals surface area contributed by atoms with Crippen LogP contribution >= 0.6 is 11.3 Å². The van der Waals surface area contributed by atoms with Crippen molar-refractivity contribution >= 4 is 54.9 Å². The predicted molar refractivity (Wildman–Crippen MR) is 199 cm³/mol. The second-order valence-corrected chi connectivity index (χ2v) is 13.6. The third-order valence-electron chi connectivity index (χ3n) is 9.83. The monoisotopic (exact) mass is 624 g/mol. The van der Waals surface area contributed by atoms with E-state index in [1.807, 2.05) is 0 Å². The van der Waals surface area contributed by atoms with Crippen molar-refractivity contribution in [3.63, 3.8) is 0 Å². The van der Waals surface area contributed by atoms with E-state index in [-0.39, 0.29) is 0 Å². The Labute approximate surface area is 277 Å². The molecule has 3 aromatic heterocycles. The van der Waals surface area contributed by atoms with Gasteiger partial charge in [-0.15, -0.1) is 10.2 Å². The van der Waals surface area contributed by atoms with Crippen molar-refractivity contribution in [3.8, 4) is 43.4 Å². The molecule has 0 amide bonds. The van der Waals surface area contributed by atoms with Crippen molar-refractivity contribution in [1.82, 2.24) is 19.3 Å². The predicted octanol–water partition coefficient (Wildman–Crippen LogP) is 11.1. The molecule has 9 aromatic rings. The minimum atomic E-state index is 0.943. The van der Waals surface area contributed by atoms with Crippen molar-refractivity contribution < 1.29 is 0 Å². The molecule has 47 heavy (non-hydrogen) atoms. The summed E-state index contributed by atoms with van der Waals surface area (Å²) in [7, 11) is 4.28. The third-order valence-corrected chi connectivity index (χ3v) is 10.8. The fraction of sp³-hybridized carbons (Fsp3) is 0.0952. The Balaban J connectivity index is 1.02. The molecular weight excluding hydrogens is 593 g/mol. The molecule has 0 atom stereocenters. The zero-order valence-electron chi connectivity index (χ0n) is 26.7. The first-order valence-electron chi connectivity index (χ1n) is 16.0. The molecule has 0 fully saturated rings. The van der Waals surface area contributed by atoms with E-state index in [0.717, 1.165) is 21.1 Å². The minimum Gasteiger partial charge on any atom is -0.344 e. The summed E-state index contributed by atoms with van der Waals surface area (Å²) in [6.07, 6.45) is 0. The van der Waals surface area contributed by atoms with Crippen LogP contribution in [-0.2, 0) is 14.1 Å². The molecule has 0 saturated heterocycles. The molecule has 0 saturated carbocycles. The maximum Gasteiger partial charge on any atom is 0.148 e. The molecule has 0 aliphatic carbocycles. The van der Waals surface area contributed by atoms with Gasteiger partial charge in [-0.05, 0) is 83.6 Å². The van der Waals surface area contributed by atoms with E-state index in [1.54, 1.807) is 11.3 Å². The van der Waals surface area contributed by atoms with E-state index >= 15 is 0 Å². The zero-order chi connectivity index (χ0) is 31.8. The lowest BCUT2D eigenvalue weighted by atomic mass is 9.98. The molecule has 0 N–H and O–H groups in total. The fourth-order valence-corrected chi connectivity index (χ4v) is 8.33. The number of para-hydroxylation sites is 2. The summed E-state index contributed by atoms with van der Waals surface area (Å²) in [5.74, 6) is 0. The Morgan fingerprint density at radius 1 is 0.426 bits per heavy atom. The summed E-state index contributed by atoms with van der Waals surface area (Å²) < 4.78 is 4.55. The SMILES string of the molecule is Cc1cc(-c2ccc3c(c2)c2ccccc2n3C)ccc1-c1nnc(-c2ccc(-c3ccc4c(c3)c3ccccc3n4C)cc2C)s1. The maximum absolute atomic E-state index is 4.65. The first-order chi connectivity index (χ1) is 22.9. The van der Waals surface area contributed by atoms with Gasteiger partial charge in [0.15, 0.2) is 0 Å². The quantitative estimate of drug-likeness (QED) is 0.195. The molecule has 5 heteroatoms. The van der Waals surface area contributed by atoms with Crippen LogP contribution in [0.3, 0.4) is 0 Å². The highest BCUT2D eigenvalue weighted by Gasteiger charge is 2.16. The first-order valence-corrected chi connectivity index (χ1v) is 16.8. The van der Waals surface area contributed by atoms with Crippen molar-refractivity contribution in [2.24, 2.45) is 14.1 Å². The minimum absolute atomic E-state index is 0.943. The zero-order valence-corrected chi connectivity index (χ0v) is 27.6. The average molecular weight is 625 g/mol. The van der Waals surface area contributed by atoms with Gasteiger partial charge in [-0.3, -0.25) is 0 Å². The second-order valence-electron chi connectivity index (χ2n) is 12.6. The lowest BCUT2D eigenvalue weighted by Gasteiger charge is -2.08. The Hall–Kier alpha value is -5.52. The smallest absolute Gasteiger partial charge is 0.148 e. The van der Waals surface area contributed by atoms with E-state index in [0.29, 0.717) is 0 Å². The van der Waals surface area contributed by atoms with Gasteiger partial charge in [0.05, 0.1) is 0 Å². The van der Waals surface area contributed by atoms with Crippen LogP contribution in [0.25, 0.3) is 87.0 Å². The van der Waals surface area contributed by atoms with Crippen LogP contribution in [0.2, 0.25) is 0 Å². The Bertz CT molecular complexity index is 2500. The van der Waals surface area contributed by atoms with Gasteiger partial charge in [0.1, 0.15) is 10.0 Å². The average Bonchev–Trinajstić information content (AvgIpc) is 3.78. The Kier molecular flexibility index (Phi) is 6.21. The number of aromatic nitrogens is 4. The number of aryl methyl sites for hydroxylation is 4. The van der Waals surface area contributed by atoms with Gasteiger partial charge in [0, 0.05) is 68.8 Å². The number of hydrogen-bond donors (Lipinski definition) is 0. The van der Waals surface area contributed by atoms with Gasteiger partial charge in [-0.2, -0.15) is 0 Å². The number of fused-ring (bicyclic) bond motifs is 6. The highest BCUT2D eigenvalue weighted by Crippen LogP contribution is 2.38. The Morgan fingerprint density at radius 2 is 0.809 bits per heavy atom. The number of benzene rings is 6. The van der Waals surface area contributed by atoms with Crippen molar-refractivity contribution in [2.75, 3.05) is 0 Å². The fourth-order valence-electron chi connectivity index (χ4n) is 7.30. The molecule has 6 aromatic carbocycles. The lowest BCUT2D eigenvalue weighted by molar-refractivity contribution is 1.01. The van der Waals surface area contributed by atoms with Gasteiger partial charge in [-0.25, -0.2) is 0 Å². The molecule has 4 nitrogen and oxygen atoms in total. The molecule has 0 bridgehead atoms. The van der Waals surface area contributed by atoms with Crippen LogP contribution < -0.4 is 0 Å². The molecule has 0 aliphatic rings. The molecule has 9 rings (SSSR count). The number of hydrogen-bond acceptors (Lipinski definition) is 3. The summed E-state index contributed by atoms with van der Waals surface area (Å²) in [5, 5.41) is 16.3. The standard InChI is InChI=1S/C42H32N4S/c1-25-21-27(29-15-19-39-35(23-29)33-9-5-7-11-37(33)45(39)3)13-17-31(25)41-43-44-42(47-41)32-18-14-28(22-26(32)2)30-16-20-40-36(24-30)34-10-6-8-12-38(34)46(40)4/h5-24H,1-4H3. The van der Waals surface area contributed by atoms with Crippen LogP contribution in [0.4, 0.5) is 0 Å². The number of nitrogens with zero attached hydrogens (tertiary/aromatic N) is 4. The van der Waals surface area contributed by atoms with E-state index in [2.05, 4.69) is 169 Å². The van der Waals surface area contributed by atoms with Gasteiger partial charge in [0.2, 0.25) is 0 Å². The van der Waals surface area contributed by atoms with Crippen molar-refractivity contribution in [2.45, 2.75) is 13.8 Å². The molecule has 0 aliphatic heterocycles. The lowest BCUT2D eigenvalue weighted by Crippen LogP contribution is -1.87. The van der Waals surface area contributed by atoms with Crippen LogP contribution in [0.5, 0.6) is 0 Å². The van der Waals surface area contributed by atoms with Crippen molar-refractivity contribution in [1.29, 1.82) is 0 Å². The normalized spacial score (nSPS) is 11.8. The molecule has 3 heterocycles. The van der Waals surface area contributed by atoms with Gasteiger partial charge in [0.25, 0.3) is 0 Å². The van der Waals surface area contributed by atoms with Crippen LogP contribution in [0.1, 0.15) is 11.1 Å². The molecule has 226 valence electrons. The largest absolute Gasteiger partial charge is 0.344 e. The summed E-state index contributed by atoms with van der Waals surface area (Å²) in [6.45, 7) is 4.34. The topological polar surface area (TPSA) is 35.6 Å². The maximum atomic E-state index is 4.65. The second kappa shape index (κ2) is 10.5. The highest BCUT2D eigenvalue weighted by molar-refractivity contribution is 7.18. The van der Waals surface area contributed by atoms with E-state index < -0.39 is 0 Å². The van der Waals surface area contributed by atoms with Gasteiger partial charge in [-0.1, -0.05) is 96.3 Å². The van der Waals surface area contributed by atoms with Crippen LogP contribution in [0.15, 0.2) is 121 Å². The van der Waals surface area contributed by atoms with Crippen LogP contribution in [0, 0.1) is 13.8 Å².